The van der Waals surface area contributed by atoms with E-state index in [0.717, 1.165) is 23.2 Å². The fourth-order valence-corrected chi connectivity index (χ4v) is 3.35. The number of pyridine rings is 2. The van der Waals surface area contributed by atoms with Gasteiger partial charge in [-0.05, 0) is 42.2 Å². The molecule has 0 aliphatic rings. The first-order valence-corrected chi connectivity index (χ1v) is 10.7. The Balaban J connectivity index is 1.69. The summed E-state index contributed by atoms with van der Waals surface area (Å²) in [6.07, 6.45) is 4.08. The predicted octanol–water partition coefficient (Wildman–Crippen LogP) is 4.55. The smallest absolute Gasteiger partial charge is 0.305 e. The first-order valence-electron chi connectivity index (χ1n) is 10.7. The fraction of sp³-hybridized carbons (Fsp3) is 0.280. The Labute approximate surface area is 187 Å². The van der Waals surface area contributed by atoms with Gasteiger partial charge in [-0.1, -0.05) is 44.2 Å². The second-order valence-corrected chi connectivity index (χ2v) is 8.00. The van der Waals surface area contributed by atoms with Crippen LogP contribution < -0.4 is 10.6 Å². The van der Waals surface area contributed by atoms with Gasteiger partial charge < -0.3 is 15.7 Å². The summed E-state index contributed by atoms with van der Waals surface area (Å²) in [7, 11) is 0. The molecule has 3 N–H and O–H groups in total. The van der Waals surface area contributed by atoms with Crippen molar-refractivity contribution in [3.63, 3.8) is 0 Å². The minimum atomic E-state index is -0.952. The van der Waals surface area contributed by atoms with E-state index in [1.807, 2.05) is 18.2 Å². The monoisotopic (exact) mass is 432 g/mol. The van der Waals surface area contributed by atoms with Gasteiger partial charge in [0.15, 0.2) is 0 Å². The van der Waals surface area contributed by atoms with Gasteiger partial charge in [0.1, 0.15) is 5.82 Å². The van der Waals surface area contributed by atoms with Gasteiger partial charge >= 0.3 is 5.97 Å². The second kappa shape index (κ2) is 11.0. The molecule has 0 bridgehead atoms. The molecule has 1 amide bonds. The number of amides is 1. The summed E-state index contributed by atoms with van der Waals surface area (Å²) in [4.78, 5) is 31.5. The number of carbonyl (C=O) groups excluding carboxylic acids is 1. The molecule has 0 radical (unpaired) electrons. The number of rotatable bonds is 10. The molecule has 0 aliphatic heterocycles. The van der Waals surface area contributed by atoms with Crippen LogP contribution in [0.15, 0.2) is 67.0 Å². The van der Waals surface area contributed by atoms with Gasteiger partial charge in [-0.3, -0.25) is 14.6 Å². The zero-order valence-corrected chi connectivity index (χ0v) is 18.3. The van der Waals surface area contributed by atoms with Crippen LogP contribution in [-0.4, -0.2) is 33.5 Å². The van der Waals surface area contributed by atoms with Gasteiger partial charge in [0.25, 0.3) is 5.91 Å². The molecule has 1 unspecified atom stereocenters. The van der Waals surface area contributed by atoms with Gasteiger partial charge in [0.05, 0.1) is 23.7 Å². The van der Waals surface area contributed by atoms with Gasteiger partial charge in [-0.25, -0.2) is 4.98 Å². The molecule has 0 aliphatic carbocycles. The number of nitrogens with zero attached hydrogens (tertiary/aromatic N) is 2. The Bertz CT molecular complexity index is 1020. The molecule has 3 aromatic rings. The van der Waals surface area contributed by atoms with E-state index in [1.165, 1.54) is 6.20 Å². The predicted molar refractivity (Wildman–Crippen MR) is 124 cm³/mol. The number of carboxylic acids is 1. The Morgan fingerprint density at radius 2 is 1.78 bits per heavy atom. The molecule has 0 saturated heterocycles. The molecular formula is C25H28N4O3. The second-order valence-electron chi connectivity index (χ2n) is 8.00. The van der Waals surface area contributed by atoms with Crippen LogP contribution in [0, 0.1) is 5.92 Å². The van der Waals surface area contributed by atoms with E-state index in [1.54, 1.807) is 18.3 Å². The van der Waals surface area contributed by atoms with E-state index in [4.69, 9.17) is 5.11 Å². The van der Waals surface area contributed by atoms with Crippen LogP contribution in [0.3, 0.4) is 0 Å². The normalized spacial score (nSPS) is 11.7. The molecule has 0 spiro atoms. The Morgan fingerprint density at radius 1 is 1.00 bits per heavy atom. The van der Waals surface area contributed by atoms with Gasteiger partial charge in [-0.15, -0.1) is 0 Å². The molecule has 32 heavy (non-hydrogen) atoms. The number of carboxylic acid groups (broad SMARTS) is 1. The van der Waals surface area contributed by atoms with Crippen LogP contribution in [-0.2, 0) is 4.79 Å². The summed E-state index contributed by atoms with van der Waals surface area (Å²) in [5.41, 5.74) is 3.54. The van der Waals surface area contributed by atoms with Crippen molar-refractivity contribution < 1.29 is 14.7 Å². The lowest BCUT2D eigenvalue weighted by Gasteiger charge is -2.22. The minimum absolute atomic E-state index is 0.0653. The molecule has 1 atom stereocenters. The lowest BCUT2D eigenvalue weighted by molar-refractivity contribution is -0.136. The highest BCUT2D eigenvalue weighted by molar-refractivity contribution is 5.94. The fourth-order valence-electron chi connectivity index (χ4n) is 3.35. The maximum Gasteiger partial charge on any atom is 0.305 e. The third kappa shape index (κ3) is 6.63. The maximum atomic E-state index is 12.1. The van der Waals surface area contributed by atoms with E-state index in [2.05, 4.69) is 58.7 Å². The van der Waals surface area contributed by atoms with E-state index >= 15 is 0 Å². The van der Waals surface area contributed by atoms with Crippen LogP contribution in [0.4, 0.5) is 5.82 Å². The Kier molecular flexibility index (Phi) is 7.91. The Morgan fingerprint density at radius 3 is 2.38 bits per heavy atom. The number of hydrogen-bond acceptors (Lipinski definition) is 5. The average molecular weight is 433 g/mol. The lowest BCUT2D eigenvalue weighted by atomic mass is 9.95. The van der Waals surface area contributed by atoms with Crippen molar-refractivity contribution in [3.05, 3.63) is 78.1 Å². The van der Waals surface area contributed by atoms with Crippen molar-refractivity contribution in [3.8, 4) is 11.3 Å². The van der Waals surface area contributed by atoms with E-state index in [9.17, 15) is 9.59 Å². The molecule has 2 heterocycles. The van der Waals surface area contributed by atoms with Crippen LogP contribution in [0.25, 0.3) is 11.3 Å². The van der Waals surface area contributed by atoms with Gasteiger partial charge in [-0.2, -0.15) is 0 Å². The van der Waals surface area contributed by atoms with Gasteiger partial charge in [0, 0.05) is 24.5 Å². The van der Waals surface area contributed by atoms with Crippen molar-refractivity contribution in [2.45, 2.75) is 32.7 Å². The van der Waals surface area contributed by atoms with E-state index in [0.29, 0.717) is 17.3 Å². The van der Waals surface area contributed by atoms with Gasteiger partial charge in [0.2, 0.25) is 0 Å². The molecule has 2 aromatic heterocycles. The van der Waals surface area contributed by atoms with Crippen molar-refractivity contribution in [2.75, 3.05) is 11.9 Å². The summed E-state index contributed by atoms with van der Waals surface area (Å²) < 4.78 is 0. The maximum absolute atomic E-state index is 12.1. The first-order chi connectivity index (χ1) is 15.4. The summed E-state index contributed by atoms with van der Waals surface area (Å²) in [6, 6.07) is 17.7. The van der Waals surface area contributed by atoms with Crippen LogP contribution in [0.5, 0.6) is 0 Å². The number of nitrogens with one attached hydrogen (secondary N) is 2. The van der Waals surface area contributed by atoms with Crippen molar-refractivity contribution in [1.82, 2.24) is 15.3 Å². The molecule has 166 valence electrons. The summed E-state index contributed by atoms with van der Waals surface area (Å²) in [6.45, 7) is 4.43. The summed E-state index contributed by atoms with van der Waals surface area (Å²) >= 11 is 0. The third-order valence-electron chi connectivity index (χ3n) is 4.95. The quantitative estimate of drug-likeness (QED) is 0.434. The summed E-state index contributed by atoms with van der Waals surface area (Å²) in [5.74, 6) is -0.143. The van der Waals surface area contributed by atoms with Crippen molar-refractivity contribution in [2.24, 2.45) is 5.92 Å². The van der Waals surface area contributed by atoms with Crippen molar-refractivity contribution >= 4 is 17.7 Å². The zero-order valence-electron chi connectivity index (χ0n) is 18.3. The standard InChI is InChI=1S/C25H28N4O3/c1-17(2)15-22(19-8-6-18(7-9-19)21-5-3-4-13-26-21)29-23-11-10-20(16-28-23)25(32)27-14-12-24(30)31/h3-11,13,16-17,22H,12,14-15H2,1-2H3,(H,27,32)(H,28,29)(H,30,31). The lowest BCUT2D eigenvalue weighted by Crippen LogP contribution is -2.26. The number of anilines is 1. The van der Waals surface area contributed by atoms with E-state index in [-0.39, 0.29) is 24.9 Å². The van der Waals surface area contributed by atoms with Crippen LogP contribution in [0.2, 0.25) is 0 Å². The molecule has 1 aromatic carbocycles. The number of aliphatic carboxylic acids is 1. The highest BCUT2D eigenvalue weighted by Gasteiger charge is 2.15. The average Bonchev–Trinajstić information content (AvgIpc) is 2.79. The summed E-state index contributed by atoms with van der Waals surface area (Å²) in [5, 5.41) is 14.7. The van der Waals surface area contributed by atoms with E-state index < -0.39 is 5.97 Å². The minimum Gasteiger partial charge on any atom is -0.481 e. The molecule has 0 fully saturated rings. The number of benzene rings is 1. The molecule has 3 rings (SSSR count). The van der Waals surface area contributed by atoms with Crippen LogP contribution >= 0.6 is 0 Å². The van der Waals surface area contributed by atoms with Crippen LogP contribution in [0.1, 0.15) is 48.7 Å². The number of aromatic nitrogens is 2. The third-order valence-corrected chi connectivity index (χ3v) is 4.95. The number of hydrogen-bond donors (Lipinski definition) is 3. The molecule has 7 nitrogen and oxygen atoms in total. The molecule has 7 heteroatoms. The highest BCUT2D eigenvalue weighted by Crippen LogP contribution is 2.27. The first kappa shape index (κ1) is 22.9. The highest BCUT2D eigenvalue weighted by atomic mass is 16.4. The van der Waals surface area contributed by atoms with Crippen molar-refractivity contribution in [1.29, 1.82) is 0 Å². The topological polar surface area (TPSA) is 104 Å². The SMILES string of the molecule is CC(C)CC(Nc1ccc(C(=O)NCCC(=O)O)cn1)c1ccc(-c2ccccn2)cc1. The zero-order chi connectivity index (χ0) is 22.9. The molecule has 0 saturated carbocycles. The molecular weight excluding hydrogens is 404 g/mol. The number of carbonyl (C=O) groups is 2. The largest absolute Gasteiger partial charge is 0.481 e. The Hall–Kier alpha value is -3.74.